The molecule has 6 heteroatoms. The highest BCUT2D eigenvalue weighted by Crippen LogP contribution is 2.30. The minimum Gasteiger partial charge on any atom is -0.388 e. The molecule has 0 aromatic carbocycles. The first-order chi connectivity index (χ1) is 9.06. The molecule has 0 bridgehead atoms. The maximum absolute atomic E-state index is 12.4. The SMILES string of the molecule is CCCc1nnsc1C(=O)N(C)CC1(O)CCCC1. The summed E-state index contributed by atoms with van der Waals surface area (Å²) in [5, 5.41) is 14.4. The number of hydrogen-bond acceptors (Lipinski definition) is 5. The van der Waals surface area contributed by atoms with Crippen LogP contribution in [0.4, 0.5) is 0 Å². The van der Waals surface area contributed by atoms with Gasteiger partial charge < -0.3 is 10.0 Å². The molecule has 2 rings (SSSR count). The van der Waals surface area contributed by atoms with E-state index in [1.807, 2.05) is 0 Å². The summed E-state index contributed by atoms with van der Waals surface area (Å²) >= 11 is 1.15. The molecule has 0 atom stereocenters. The molecule has 0 unspecified atom stereocenters. The van der Waals surface area contributed by atoms with Crippen LogP contribution in [0, 0.1) is 0 Å². The molecule has 1 amide bonds. The second-order valence-electron chi connectivity index (χ2n) is 5.39. The minimum atomic E-state index is -0.701. The fourth-order valence-corrected chi connectivity index (χ4v) is 3.35. The second-order valence-corrected chi connectivity index (χ2v) is 6.15. The van der Waals surface area contributed by atoms with Crippen LogP contribution in [-0.4, -0.2) is 44.7 Å². The van der Waals surface area contributed by atoms with Crippen molar-refractivity contribution < 1.29 is 9.90 Å². The molecule has 0 radical (unpaired) electrons. The Morgan fingerprint density at radius 1 is 1.47 bits per heavy atom. The van der Waals surface area contributed by atoms with Crippen LogP contribution >= 0.6 is 11.5 Å². The predicted molar refractivity (Wildman–Crippen MR) is 74.3 cm³/mol. The molecule has 1 aliphatic rings. The fraction of sp³-hybridized carbons (Fsp3) is 0.769. The number of aliphatic hydroxyl groups is 1. The van der Waals surface area contributed by atoms with E-state index < -0.39 is 5.60 Å². The van der Waals surface area contributed by atoms with Crippen molar-refractivity contribution in [2.75, 3.05) is 13.6 Å². The van der Waals surface area contributed by atoms with Crippen LogP contribution in [0.5, 0.6) is 0 Å². The molecule has 106 valence electrons. The number of aryl methyl sites for hydroxylation is 1. The smallest absolute Gasteiger partial charge is 0.267 e. The minimum absolute atomic E-state index is 0.0706. The van der Waals surface area contributed by atoms with E-state index in [4.69, 9.17) is 0 Å². The Bertz CT molecular complexity index is 441. The molecule has 19 heavy (non-hydrogen) atoms. The molecular weight excluding hydrogens is 262 g/mol. The van der Waals surface area contributed by atoms with Crippen LogP contribution < -0.4 is 0 Å². The lowest BCUT2D eigenvalue weighted by Gasteiger charge is -2.28. The lowest BCUT2D eigenvalue weighted by Crippen LogP contribution is -2.42. The molecule has 1 N–H and O–H groups in total. The maximum atomic E-state index is 12.4. The average molecular weight is 283 g/mol. The van der Waals surface area contributed by atoms with E-state index in [0.717, 1.165) is 55.8 Å². The zero-order valence-electron chi connectivity index (χ0n) is 11.6. The van der Waals surface area contributed by atoms with E-state index in [1.54, 1.807) is 11.9 Å². The fourth-order valence-electron chi connectivity index (χ4n) is 2.65. The highest BCUT2D eigenvalue weighted by Gasteiger charge is 2.34. The summed E-state index contributed by atoms with van der Waals surface area (Å²) in [4.78, 5) is 14.6. The summed E-state index contributed by atoms with van der Waals surface area (Å²) in [5.41, 5.74) is 0.0794. The molecule has 1 aliphatic carbocycles. The van der Waals surface area contributed by atoms with E-state index in [2.05, 4.69) is 16.5 Å². The van der Waals surface area contributed by atoms with Gasteiger partial charge in [0, 0.05) is 13.6 Å². The summed E-state index contributed by atoms with van der Waals surface area (Å²) in [6.45, 7) is 2.45. The Labute approximate surface area is 117 Å². The van der Waals surface area contributed by atoms with Gasteiger partial charge in [-0.25, -0.2) is 0 Å². The first-order valence-electron chi connectivity index (χ1n) is 6.85. The molecule has 5 nitrogen and oxygen atoms in total. The molecule has 0 spiro atoms. The largest absolute Gasteiger partial charge is 0.388 e. The van der Waals surface area contributed by atoms with E-state index in [0.29, 0.717) is 11.4 Å². The number of amides is 1. The normalized spacial score (nSPS) is 17.6. The van der Waals surface area contributed by atoms with Crippen LogP contribution in [-0.2, 0) is 6.42 Å². The number of rotatable bonds is 5. The van der Waals surface area contributed by atoms with Crippen molar-refractivity contribution in [2.24, 2.45) is 0 Å². The molecule has 0 aliphatic heterocycles. The first-order valence-corrected chi connectivity index (χ1v) is 7.62. The molecule has 1 saturated carbocycles. The van der Waals surface area contributed by atoms with Gasteiger partial charge in [-0.15, -0.1) is 5.10 Å². The maximum Gasteiger partial charge on any atom is 0.267 e. The average Bonchev–Trinajstić information content (AvgIpc) is 2.98. The van der Waals surface area contributed by atoms with Gasteiger partial charge in [0.15, 0.2) is 0 Å². The van der Waals surface area contributed by atoms with Crippen molar-refractivity contribution in [1.29, 1.82) is 0 Å². The third kappa shape index (κ3) is 3.30. The van der Waals surface area contributed by atoms with E-state index >= 15 is 0 Å². The summed E-state index contributed by atoms with van der Waals surface area (Å²) in [6, 6.07) is 0. The van der Waals surface area contributed by atoms with Gasteiger partial charge in [-0.2, -0.15) is 0 Å². The lowest BCUT2D eigenvalue weighted by molar-refractivity contribution is 0.0158. The van der Waals surface area contributed by atoms with E-state index in [-0.39, 0.29) is 5.91 Å². The van der Waals surface area contributed by atoms with Crippen LogP contribution in [0.25, 0.3) is 0 Å². The van der Waals surface area contributed by atoms with Crippen molar-refractivity contribution in [3.8, 4) is 0 Å². The highest BCUT2D eigenvalue weighted by atomic mass is 32.1. The van der Waals surface area contributed by atoms with Crippen molar-refractivity contribution in [2.45, 2.75) is 51.0 Å². The van der Waals surface area contributed by atoms with Crippen molar-refractivity contribution in [3.05, 3.63) is 10.6 Å². The molecule has 1 heterocycles. The lowest BCUT2D eigenvalue weighted by atomic mass is 10.0. The zero-order chi connectivity index (χ0) is 13.9. The Hall–Kier alpha value is -1.01. The highest BCUT2D eigenvalue weighted by molar-refractivity contribution is 7.07. The van der Waals surface area contributed by atoms with Crippen LogP contribution in [0.2, 0.25) is 0 Å². The monoisotopic (exact) mass is 283 g/mol. The number of aromatic nitrogens is 2. The van der Waals surface area contributed by atoms with Gasteiger partial charge in [0.2, 0.25) is 0 Å². The first kappa shape index (κ1) is 14.4. The van der Waals surface area contributed by atoms with Crippen molar-refractivity contribution >= 4 is 17.4 Å². The van der Waals surface area contributed by atoms with Crippen LogP contribution in [0.3, 0.4) is 0 Å². The molecule has 0 saturated heterocycles. The van der Waals surface area contributed by atoms with Crippen LogP contribution in [0.15, 0.2) is 0 Å². The third-order valence-electron chi connectivity index (χ3n) is 3.65. The number of carbonyl (C=O) groups excluding carboxylic acids is 1. The Kier molecular flexibility index (Phi) is 4.52. The molecule has 1 aromatic heterocycles. The van der Waals surface area contributed by atoms with E-state index in [9.17, 15) is 9.90 Å². The second kappa shape index (κ2) is 5.96. The number of hydrogen-bond donors (Lipinski definition) is 1. The standard InChI is InChI=1S/C13H21N3O2S/c1-3-6-10-11(19-15-14-10)12(17)16(2)9-13(18)7-4-5-8-13/h18H,3-9H2,1-2H3. The Morgan fingerprint density at radius 3 is 2.79 bits per heavy atom. The van der Waals surface area contributed by atoms with Gasteiger partial charge in [0.05, 0.1) is 11.3 Å². The quantitative estimate of drug-likeness (QED) is 0.896. The summed E-state index contributed by atoms with van der Waals surface area (Å²) in [7, 11) is 1.74. The van der Waals surface area contributed by atoms with E-state index in [1.165, 1.54) is 0 Å². The van der Waals surface area contributed by atoms with Gasteiger partial charge in [0.25, 0.3) is 5.91 Å². The topological polar surface area (TPSA) is 66.3 Å². The van der Waals surface area contributed by atoms with Gasteiger partial charge in [-0.3, -0.25) is 4.79 Å². The number of likely N-dealkylation sites (N-methyl/N-ethyl adjacent to an activating group) is 1. The zero-order valence-corrected chi connectivity index (χ0v) is 12.4. The number of nitrogens with zero attached hydrogens (tertiary/aromatic N) is 3. The van der Waals surface area contributed by atoms with Crippen molar-refractivity contribution in [3.63, 3.8) is 0 Å². The molecular formula is C13H21N3O2S. The third-order valence-corrected chi connectivity index (χ3v) is 4.41. The van der Waals surface area contributed by atoms with Gasteiger partial charge in [-0.1, -0.05) is 30.7 Å². The molecule has 1 aromatic rings. The van der Waals surface area contributed by atoms with Gasteiger partial charge in [0.1, 0.15) is 4.88 Å². The van der Waals surface area contributed by atoms with Gasteiger partial charge >= 0.3 is 0 Å². The molecule has 1 fully saturated rings. The Morgan fingerprint density at radius 2 is 2.16 bits per heavy atom. The summed E-state index contributed by atoms with van der Waals surface area (Å²) in [6.07, 6.45) is 5.37. The van der Waals surface area contributed by atoms with Crippen LogP contribution in [0.1, 0.15) is 54.4 Å². The number of carbonyl (C=O) groups is 1. The summed E-state index contributed by atoms with van der Waals surface area (Å²) in [5.74, 6) is -0.0706. The van der Waals surface area contributed by atoms with Gasteiger partial charge in [-0.05, 0) is 30.8 Å². The van der Waals surface area contributed by atoms with Crippen molar-refractivity contribution in [1.82, 2.24) is 14.5 Å². The Balaban J connectivity index is 2.04. The predicted octanol–water partition coefficient (Wildman–Crippen LogP) is 1.87. The summed E-state index contributed by atoms with van der Waals surface area (Å²) < 4.78 is 3.88.